The van der Waals surface area contributed by atoms with E-state index >= 15 is 0 Å². The molecule has 0 saturated carbocycles. The number of Topliss-reactive ketones (excluding diaryl/α,β-unsaturated/α-hetero) is 1. The van der Waals surface area contributed by atoms with Gasteiger partial charge in [0.1, 0.15) is 60.1 Å². The molecule has 0 spiro atoms. The first kappa shape index (κ1) is 52.3. The number of ether oxygens (including phenoxy) is 4. The van der Waals surface area contributed by atoms with Crippen LogP contribution in [0.15, 0.2) is 23.5 Å². The van der Waals surface area contributed by atoms with E-state index in [1.165, 1.54) is 39.2 Å². The molecule has 2 fully saturated rings. The van der Waals surface area contributed by atoms with Crippen LogP contribution in [0.5, 0.6) is 0 Å². The average Bonchev–Trinajstić information content (AvgIpc) is 3.43. The third kappa shape index (κ3) is 16.6. The molecule has 9 N–H and O–H groups in total. The number of aliphatic hydroxyl groups is 7. The number of amides is 1. The smallest absolute Gasteiger partial charge is 0.335 e. The number of carboxylic acids is 2. The number of carbonyl (C=O) groups is 4. The molecule has 18 nitrogen and oxygen atoms in total. The Hall–Kier alpha value is -3.04. The maximum absolute atomic E-state index is 12.5. The molecule has 0 bridgehead atoms. The van der Waals surface area contributed by atoms with Crippen molar-refractivity contribution in [1.82, 2.24) is 4.90 Å². The molecule has 61 heavy (non-hydrogen) atoms. The zero-order valence-corrected chi connectivity index (χ0v) is 35.5. The topological polar surface area (TPSA) is 291 Å². The van der Waals surface area contributed by atoms with Gasteiger partial charge < -0.3 is 69.8 Å². The predicted molar refractivity (Wildman–Crippen MR) is 218 cm³/mol. The van der Waals surface area contributed by atoms with E-state index in [4.69, 9.17) is 24.1 Å². The normalized spacial score (nSPS) is 29.5. The third-order valence-electron chi connectivity index (χ3n) is 11.6. The quantitative estimate of drug-likeness (QED) is 0.0275. The summed E-state index contributed by atoms with van der Waals surface area (Å²) in [6, 6.07) is -0.986. The van der Waals surface area contributed by atoms with Crippen molar-refractivity contribution < 1.29 is 84.1 Å². The molecule has 350 valence electrons. The van der Waals surface area contributed by atoms with Crippen LogP contribution in [-0.4, -0.2) is 162 Å². The Labute approximate surface area is 358 Å². The van der Waals surface area contributed by atoms with Gasteiger partial charge in [-0.05, 0) is 38.5 Å². The van der Waals surface area contributed by atoms with Gasteiger partial charge in [0.2, 0.25) is 0 Å². The van der Waals surface area contributed by atoms with Gasteiger partial charge in [0.05, 0.1) is 13.0 Å². The first-order valence-corrected chi connectivity index (χ1v) is 22.1. The second-order valence-corrected chi connectivity index (χ2v) is 16.4. The predicted octanol–water partition coefficient (Wildman–Crippen LogP) is 2.77. The molecule has 0 aliphatic carbocycles. The summed E-state index contributed by atoms with van der Waals surface area (Å²) in [7, 11) is 1.39. The van der Waals surface area contributed by atoms with Gasteiger partial charge in [-0.15, -0.1) is 0 Å². The van der Waals surface area contributed by atoms with Crippen LogP contribution < -0.4 is 0 Å². The standard InChI is InChI=1S/C43H71NO17/c1-44-27(25-30(47)48)32(49)31(40(44)55)28(46)23-21-19-17-15-13-11-9-7-5-3-2-4-6-8-10-12-14-16-18-20-22-24-58-42-37(54)35(52)38(39(61-42)41(56)57)60-43-36(53)34(51)33(50)29(26-45)59-43/h2,4,27,29,33-39,42-43,45,49-54H,3,5-26H2,1H3,(H,47,48)(H,56,57)/b4-2-/t27-,29-,33-,34+,35-,36-,37-,38-,39+,42-,43+/m1/s1. The maximum atomic E-state index is 12.5. The van der Waals surface area contributed by atoms with Crippen molar-refractivity contribution in [3.8, 4) is 0 Å². The fourth-order valence-electron chi connectivity index (χ4n) is 7.87. The lowest BCUT2D eigenvalue weighted by Gasteiger charge is -2.45. The number of likely N-dealkylation sites (N-methyl/N-ethyl adjacent to an activating group) is 1. The Morgan fingerprint density at radius 1 is 0.672 bits per heavy atom. The van der Waals surface area contributed by atoms with Gasteiger partial charge in [0, 0.05) is 20.1 Å². The molecular formula is C43H71NO17. The van der Waals surface area contributed by atoms with Gasteiger partial charge in [-0.25, -0.2) is 4.79 Å². The summed E-state index contributed by atoms with van der Waals surface area (Å²) in [4.78, 5) is 48.9. The van der Waals surface area contributed by atoms with Gasteiger partial charge in [-0.1, -0.05) is 95.6 Å². The number of nitrogens with zero attached hydrogens (tertiary/aromatic N) is 1. The van der Waals surface area contributed by atoms with E-state index in [0.29, 0.717) is 12.8 Å². The summed E-state index contributed by atoms with van der Waals surface area (Å²) in [5, 5.41) is 89.9. The molecule has 3 aliphatic heterocycles. The minimum Gasteiger partial charge on any atom is -0.509 e. The zero-order chi connectivity index (χ0) is 44.9. The van der Waals surface area contributed by atoms with Crippen molar-refractivity contribution in [3.63, 3.8) is 0 Å². The summed E-state index contributed by atoms with van der Waals surface area (Å²) in [5.74, 6) is -4.14. The average molecular weight is 874 g/mol. The first-order valence-electron chi connectivity index (χ1n) is 22.1. The molecule has 3 heterocycles. The second-order valence-electron chi connectivity index (χ2n) is 16.4. The van der Waals surface area contributed by atoms with Crippen molar-refractivity contribution in [2.24, 2.45) is 0 Å². The van der Waals surface area contributed by atoms with Gasteiger partial charge >= 0.3 is 11.9 Å². The Morgan fingerprint density at radius 3 is 1.70 bits per heavy atom. The van der Waals surface area contributed by atoms with Crippen LogP contribution in [0.4, 0.5) is 0 Å². The highest BCUT2D eigenvalue weighted by atomic mass is 16.7. The van der Waals surface area contributed by atoms with Crippen molar-refractivity contribution in [2.75, 3.05) is 20.3 Å². The van der Waals surface area contributed by atoms with E-state index in [-0.39, 0.29) is 18.6 Å². The number of ketones is 1. The van der Waals surface area contributed by atoms with Gasteiger partial charge in [0.15, 0.2) is 24.5 Å². The van der Waals surface area contributed by atoms with Crippen LogP contribution in [0.3, 0.4) is 0 Å². The number of hydrogen-bond acceptors (Lipinski definition) is 15. The summed E-state index contributed by atoms with van der Waals surface area (Å²) in [6.45, 7) is -0.571. The van der Waals surface area contributed by atoms with Crippen LogP contribution in [0.1, 0.15) is 135 Å². The largest absolute Gasteiger partial charge is 0.509 e. The lowest BCUT2D eigenvalue weighted by atomic mass is 9.97. The molecule has 3 aliphatic rings. The molecular weight excluding hydrogens is 802 g/mol. The van der Waals surface area contributed by atoms with Gasteiger partial charge in [-0.3, -0.25) is 14.4 Å². The van der Waals surface area contributed by atoms with Gasteiger partial charge in [-0.2, -0.15) is 0 Å². The Balaban J connectivity index is 1.11. The van der Waals surface area contributed by atoms with E-state index in [2.05, 4.69) is 12.2 Å². The van der Waals surface area contributed by atoms with Crippen molar-refractivity contribution in [2.45, 2.75) is 202 Å². The molecule has 0 unspecified atom stereocenters. The van der Waals surface area contributed by atoms with E-state index < -0.39 is 110 Å². The highest BCUT2D eigenvalue weighted by Crippen LogP contribution is 2.31. The number of allylic oxidation sites excluding steroid dienone is 2. The van der Waals surface area contributed by atoms with E-state index in [1.54, 1.807) is 0 Å². The van der Waals surface area contributed by atoms with Crippen LogP contribution in [0, 0.1) is 0 Å². The molecule has 1 amide bonds. The molecule has 2 saturated heterocycles. The lowest BCUT2D eigenvalue weighted by Crippen LogP contribution is -2.65. The molecule has 0 aromatic heterocycles. The molecule has 3 rings (SSSR count). The number of unbranched alkanes of at least 4 members (excludes halogenated alkanes) is 17. The Bertz CT molecular complexity index is 1410. The number of hydrogen-bond donors (Lipinski definition) is 9. The van der Waals surface area contributed by atoms with Crippen molar-refractivity contribution in [1.29, 1.82) is 0 Å². The fraction of sp³-hybridized carbons (Fsp3) is 0.814. The van der Waals surface area contributed by atoms with Crippen LogP contribution in [0.2, 0.25) is 0 Å². The summed E-state index contributed by atoms with van der Waals surface area (Å²) < 4.78 is 21.7. The summed E-state index contributed by atoms with van der Waals surface area (Å²) >= 11 is 0. The van der Waals surface area contributed by atoms with Crippen LogP contribution in [0.25, 0.3) is 0 Å². The molecule has 18 heteroatoms. The Morgan fingerprint density at radius 2 is 1.18 bits per heavy atom. The third-order valence-corrected chi connectivity index (χ3v) is 11.6. The van der Waals surface area contributed by atoms with Crippen LogP contribution in [-0.2, 0) is 38.1 Å². The minimum atomic E-state index is -1.84. The van der Waals surface area contributed by atoms with Crippen molar-refractivity contribution in [3.05, 3.63) is 23.5 Å². The van der Waals surface area contributed by atoms with E-state index in [0.717, 1.165) is 81.9 Å². The summed E-state index contributed by atoms with van der Waals surface area (Å²) in [6.07, 6.45) is 7.25. The van der Waals surface area contributed by atoms with Gasteiger partial charge in [0.25, 0.3) is 5.91 Å². The monoisotopic (exact) mass is 873 g/mol. The molecule has 0 aromatic rings. The number of aliphatic hydroxyl groups excluding tert-OH is 7. The van der Waals surface area contributed by atoms with E-state index in [1.807, 2.05) is 0 Å². The zero-order valence-electron chi connectivity index (χ0n) is 35.5. The number of rotatable bonds is 31. The fourth-order valence-corrected chi connectivity index (χ4v) is 7.87. The first-order chi connectivity index (χ1) is 29.2. The Kier molecular flexibility index (Phi) is 23.9. The minimum absolute atomic E-state index is 0.164. The van der Waals surface area contributed by atoms with Crippen LogP contribution >= 0.6 is 0 Å². The number of aliphatic carboxylic acids is 2. The maximum Gasteiger partial charge on any atom is 0.335 e. The number of carboxylic acid groups (broad SMARTS) is 2. The molecule has 0 aromatic carbocycles. The van der Waals surface area contributed by atoms with Crippen molar-refractivity contribution >= 4 is 23.6 Å². The second kappa shape index (κ2) is 27.9. The SMILES string of the molecule is CN1C(=O)C(C(=O)CCCCCCCCCCC/C=C\CCCCCCCCCCO[C@@H]2O[C@H](C(=O)O)[C@H](O[C@@H]3O[C@H](CO)[C@@H](O)[C@H](O)[C@H]3O)[C@H](O)[C@H]2O)=C(O)[C@H]1CC(=O)O. The molecule has 11 atom stereocenters. The number of carbonyl (C=O) groups excluding carboxylic acids is 2. The van der Waals surface area contributed by atoms with E-state index in [9.17, 15) is 60.0 Å². The lowest BCUT2D eigenvalue weighted by molar-refractivity contribution is -0.354. The summed E-state index contributed by atoms with van der Waals surface area (Å²) in [5.41, 5.74) is -0.263. The molecule has 0 radical (unpaired) electrons. The highest BCUT2D eigenvalue weighted by Gasteiger charge is 2.53. The highest BCUT2D eigenvalue weighted by molar-refractivity contribution is 6.21.